The Kier molecular flexibility index (Phi) is 8.07. The van der Waals surface area contributed by atoms with Gasteiger partial charge < -0.3 is 24.5 Å². The third-order valence-corrected chi connectivity index (χ3v) is 10.5. The van der Waals surface area contributed by atoms with E-state index in [1.54, 1.807) is 21.6 Å². The van der Waals surface area contributed by atoms with E-state index < -0.39 is 34.2 Å². The van der Waals surface area contributed by atoms with Crippen molar-refractivity contribution in [3.63, 3.8) is 0 Å². The summed E-state index contributed by atoms with van der Waals surface area (Å²) in [6.45, 7) is 13.2. The maximum Gasteiger partial charge on any atom is 0.247 e. The average Bonchev–Trinajstić information content (AvgIpc) is 3.22. The first kappa shape index (κ1) is 29.7. The van der Waals surface area contributed by atoms with Gasteiger partial charge in [-0.1, -0.05) is 38.2 Å². The molecule has 0 saturated carbocycles. The molecule has 3 amide bonds. The number of likely N-dealkylation sites (tertiary alicyclic amines) is 1. The second-order valence-corrected chi connectivity index (χ2v) is 14.4. The molecule has 8 nitrogen and oxygen atoms in total. The molecule has 9 heteroatoms. The number of amides is 3. The first-order valence-corrected chi connectivity index (χ1v) is 15.6. The SMILES string of the molecule is CCOc1ccc(N2CC=C[C@@H]3S[C@]45C=CCN(C(C)(C)C)C(=O)C4N([C@@H](CO)CC(C)C)C(=O)[C@@H]5[C@@H]3C2=O)cc1. The van der Waals surface area contributed by atoms with Crippen LogP contribution in [-0.4, -0.2) is 86.6 Å². The summed E-state index contributed by atoms with van der Waals surface area (Å²) in [6.07, 6.45) is 8.65. The molecular formula is C32H43N3O5S. The number of aliphatic hydroxyl groups is 1. The first-order chi connectivity index (χ1) is 19.4. The Balaban J connectivity index is 1.60. The fourth-order valence-electron chi connectivity index (χ4n) is 7.01. The lowest BCUT2D eigenvalue weighted by atomic mass is 9.78. The molecule has 4 aliphatic rings. The lowest BCUT2D eigenvalue weighted by molar-refractivity contribution is -0.148. The largest absolute Gasteiger partial charge is 0.494 e. The fourth-order valence-corrected chi connectivity index (χ4v) is 9.01. The molecule has 0 bridgehead atoms. The van der Waals surface area contributed by atoms with Gasteiger partial charge in [-0.3, -0.25) is 14.4 Å². The minimum absolute atomic E-state index is 0.116. The van der Waals surface area contributed by atoms with E-state index in [1.807, 2.05) is 81.2 Å². The lowest BCUT2D eigenvalue weighted by Gasteiger charge is -2.42. The highest BCUT2D eigenvalue weighted by Gasteiger charge is 2.72. The summed E-state index contributed by atoms with van der Waals surface area (Å²) in [4.78, 5) is 48.7. The summed E-state index contributed by atoms with van der Waals surface area (Å²) >= 11 is 1.57. The number of anilines is 1. The van der Waals surface area contributed by atoms with E-state index in [-0.39, 0.29) is 35.5 Å². The van der Waals surface area contributed by atoms with Crippen LogP contribution in [-0.2, 0) is 14.4 Å². The van der Waals surface area contributed by atoms with Crippen LogP contribution in [0.4, 0.5) is 5.69 Å². The molecule has 222 valence electrons. The van der Waals surface area contributed by atoms with Crippen molar-refractivity contribution in [3.8, 4) is 5.75 Å². The van der Waals surface area contributed by atoms with Gasteiger partial charge in [0.1, 0.15) is 11.8 Å². The Labute approximate surface area is 247 Å². The molecular weight excluding hydrogens is 538 g/mol. The summed E-state index contributed by atoms with van der Waals surface area (Å²) in [5.74, 6) is -0.855. The van der Waals surface area contributed by atoms with Gasteiger partial charge >= 0.3 is 0 Å². The minimum Gasteiger partial charge on any atom is -0.494 e. The molecule has 1 N–H and O–H groups in total. The number of hydrogen-bond donors (Lipinski definition) is 1. The number of ether oxygens (including phenoxy) is 1. The predicted octanol–water partition coefficient (Wildman–Crippen LogP) is 3.89. The summed E-state index contributed by atoms with van der Waals surface area (Å²) < 4.78 is 4.68. The Hall–Kier alpha value is -2.78. The van der Waals surface area contributed by atoms with E-state index in [0.717, 1.165) is 11.4 Å². The highest BCUT2D eigenvalue weighted by atomic mass is 32.2. The number of benzene rings is 1. The van der Waals surface area contributed by atoms with Crippen LogP contribution in [0.15, 0.2) is 48.6 Å². The van der Waals surface area contributed by atoms with Crippen LogP contribution in [0, 0.1) is 17.8 Å². The molecule has 5 rings (SSSR count). The molecule has 2 saturated heterocycles. The van der Waals surface area contributed by atoms with Crippen molar-refractivity contribution in [2.24, 2.45) is 17.8 Å². The zero-order valence-electron chi connectivity index (χ0n) is 24.9. The highest BCUT2D eigenvalue weighted by molar-refractivity contribution is 8.02. The quantitative estimate of drug-likeness (QED) is 0.492. The lowest BCUT2D eigenvalue weighted by Crippen LogP contribution is -2.59. The maximum atomic E-state index is 14.6. The zero-order valence-corrected chi connectivity index (χ0v) is 25.8. The zero-order chi connectivity index (χ0) is 29.7. The molecule has 1 spiro atoms. The highest BCUT2D eigenvalue weighted by Crippen LogP contribution is 2.61. The third-order valence-electron chi connectivity index (χ3n) is 8.71. The van der Waals surface area contributed by atoms with Gasteiger partial charge in [0.2, 0.25) is 17.7 Å². The van der Waals surface area contributed by atoms with Crippen molar-refractivity contribution < 1.29 is 24.2 Å². The minimum atomic E-state index is -0.907. The molecule has 2 fully saturated rings. The van der Waals surface area contributed by atoms with E-state index in [0.29, 0.717) is 26.1 Å². The van der Waals surface area contributed by atoms with Gasteiger partial charge in [0, 0.05) is 29.6 Å². The number of carbonyl (C=O) groups excluding carboxylic acids is 3. The summed E-state index contributed by atoms with van der Waals surface area (Å²) in [7, 11) is 0. The smallest absolute Gasteiger partial charge is 0.247 e. The number of hydrogen-bond acceptors (Lipinski definition) is 6. The van der Waals surface area contributed by atoms with Crippen LogP contribution in [0.1, 0.15) is 48.0 Å². The number of fused-ring (bicyclic) bond motifs is 2. The topological polar surface area (TPSA) is 90.4 Å². The van der Waals surface area contributed by atoms with Crippen LogP contribution >= 0.6 is 11.8 Å². The van der Waals surface area contributed by atoms with Crippen LogP contribution in [0.3, 0.4) is 0 Å². The van der Waals surface area contributed by atoms with Gasteiger partial charge in [0.05, 0.1) is 35.8 Å². The van der Waals surface area contributed by atoms with Crippen LogP contribution < -0.4 is 9.64 Å². The van der Waals surface area contributed by atoms with Crippen molar-refractivity contribution in [2.75, 3.05) is 31.2 Å². The Morgan fingerprint density at radius 2 is 1.76 bits per heavy atom. The summed E-state index contributed by atoms with van der Waals surface area (Å²) in [5, 5.41) is 10.3. The van der Waals surface area contributed by atoms with Gasteiger partial charge in [0.25, 0.3) is 0 Å². The number of aliphatic hydroxyl groups excluding tert-OH is 1. The maximum absolute atomic E-state index is 14.6. The van der Waals surface area contributed by atoms with Gasteiger partial charge in [0.15, 0.2) is 0 Å². The molecule has 4 heterocycles. The second-order valence-electron chi connectivity index (χ2n) is 12.9. The number of rotatable bonds is 7. The van der Waals surface area contributed by atoms with Crippen molar-refractivity contribution in [3.05, 3.63) is 48.6 Å². The molecule has 0 aromatic heterocycles. The van der Waals surface area contributed by atoms with E-state index in [9.17, 15) is 19.5 Å². The molecule has 4 aliphatic heterocycles. The summed E-state index contributed by atoms with van der Waals surface area (Å²) in [5.41, 5.74) is 0.285. The standard InChI is InChI=1S/C32H43N3O5S/c1-7-40-23-13-11-21(12-14-23)33-16-8-10-24-25(28(33)37)26-29(38)35(22(19-36)18-20(2)3)27-30(39)34(31(4,5)6)17-9-15-32(26,27)41-24/h8-15,20,22,24-27,36H,7,16-19H2,1-6H3/t22-,24+,25-,26+,27?,32+/m1/s1. The monoisotopic (exact) mass is 581 g/mol. The van der Waals surface area contributed by atoms with Crippen molar-refractivity contribution in [1.29, 1.82) is 0 Å². The second kappa shape index (κ2) is 11.1. The Morgan fingerprint density at radius 1 is 1.05 bits per heavy atom. The van der Waals surface area contributed by atoms with Crippen molar-refractivity contribution in [1.82, 2.24) is 9.80 Å². The number of nitrogens with zero attached hydrogens (tertiary/aromatic N) is 3. The molecule has 0 aliphatic carbocycles. The molecule has 0 radical (unpaired) electrons. The normalized spacial score (nSPS) is 30.3. The predicted molar refractivity (Wildman–Crippen MR) is 162 cm³/mol. The molecule has 41 heavy (non-hydrogen) atoms. The van der Waals surface area contributed by atoms with Gasteiger partial charge in [-0.2, -0.15) is 0 Å². The summed E-state index contributed by atoms with van der Waals surface area (Å²) in [6, 6.07) is 6.15. The molecule has 1 aromatic rings. The Morgan fingerprint density at radius 3 is 2.37 bits per heavy atom. The first-order valence-electron chi connectivity index (χ1n) is 14.8. The Bertz CT molecular complexity index is 1240. The van der Waals surface area contributed by atoms with E-state index in [1.165, 1.54) is 0 Å². The van der Waals surface area contributed by atoms with Crippen LogP contribution in [0.2, 0.25) is 0 Å². The number of carbonyl (C=O) groups is 3. The third kappa shape index (κ3) is 4.99. The molecule has 1 aromatic carbocycles. The van der Waals surface area contributed by atoms with Crippen LogP contribution in [0.25, 0.3) is 0 Å². The van der Waals surface area contributed by atoms with Gasteiger partial charge in [-0.25, -0.2) is 0 Å². The van der Waals surface area contributed by atoms with Gasteiger partial charge in [-0.05, 0) is 64.3 Å². The van der Waals surface area contributed by atoms with Gasteiger partial charge in [-0.15, -0.1) is 11.8 Å². The van der Waals surface area contributed by atoms with E-state index in [4.69, 9.17) is 4.74 Å². The molecule has 6 atom stereocenters. The molecule has 1 unspecified atom stereocenters. The number of thioether (sulfide) groups is 1. The average molecular weight is 582 g/mol. The van der Waals surface area contributed by atoms with Crippen molar-refractivity contribution in [2.45, 2.75) is 75.6 Å². The van der Waals surface area contributed by atoms with E-state index >= 15 is 0 Å². The van der Waals surface area contributed by atoms with Crippen LogP contribution in [0.5, 0.6) is 5.75 Å². The van der Waals surface area contributed by atoms with E-state index in [2.05, 4.69) is 13.8 Å². The van der Waals surface area contributed by atoms with Crippen molar-refractivity contribution >= 4 is 35.2 Å². The fraction of sp³-hybridized carbons (Fsp3) is 0.594.